The third-order valence-corrected chi connectivity index (χ3v) is 3.02. The maximum Gasteiger partial charge on any atom is 0.224 e. The second-order valence-corrected chi connectivity index (χ2v) is 4.24. The van der Waals surface area contributed by atoms with Crippen molar-refractivity contribution in [1.29, 1.82) is 0 Å². The predicted octanol–water partition coefficient (Wildman–Crippen LogP) is 2.30. The van der Waals surface area contributed by atoms with Gasteiger partial charge in [-0.15, -0.1) is 6.42 Å². The summed E-state index contributed by atoms with van der Waals surface area (Å²) in [6.07, 6.45) is 7.28. The number of fused-ring (bicyclic) bond motifs is 1. The van der Waals surface area contributed by atoms with Gasteiger partial charge in [0.25, 0.3) is 0 Å². The van der Waals surface area contributed by atoms with Gasteiger partial charge in [0.2, 0.25) is 5.91 Å². The molecule has 82 valence electrons. The van der Waals surface area contributed by atoms with E-state index in [-0.39, 0.29) is 11.9 Å². The summed E-state index contributed by atoms with van der Waals surface area (Å²) in [6, 6.07) is 6.06. The second-order valence-electron chi connectivity index (χ2n) is 4.24. The summed E-state index contributed by atoms with van der Waals surface area (Å²) >= 11 is 0. The SMILES string of the molecule is C#C[C@H]1CCc2cc(C)ccc2N1C(C)=O. The molecule has 0 spiro atoms. The van der Waals surface area contributed by atoms with Crippen LogP contribution in [0.5, 0.6) is 0 Å². The fraction of sp³-hybridized carbons (Fsp3) is 0.357. The van der Waals surface area contributed by atoms with Crippen LogP contribution in [-0.4, -0.2) is 11.9 Å². The molecule has 2 rings (SSSR count). The minimum Gasteiger partial charge on any atom is -0.298 e. The van der Waals surface area contributed by atoms with Crippen LogP contribution in [0.3, 0.4) is 0 Å². The Morgan fingerprint density at radius 3 is 2.94 bits per heavy atom. The number of carbonyl (C=O) groups excluding carboxylic acids is 1. The maximum atomic E-state index is 11.6. The van der Waals surface area contributed by atoms with E-state index >= 15 is 0 Å². The Morgan fingerprint density at radius 1 is 1.56 bits per heavy atom. The van der Waals surface area contributed by atoms with Gasteiger partial charge in [-0.05, 0) is 31.4 Å². The molecule has 0 saturated carbocycles. The molecule has 1 aromatic rings. The van der Waals surface area contributed by atoms with Crippen molar-refractivity contribution in [2.75, 3.05) is 4.90 Å². The standard InChI is InChI=1S/C14H15NO/c1-4-13-7-6-12-9-10(2)5-8-14(12)15(13)11(3)16/h1,5,8-9,13H,6-7H2,2-3H3/t13-/m0/s1. The molecule has 1 atom stereocenters. The molecule has 0 aliphatic carbocycles. The smallest absolute Gasteiger partial charge is 0.224 e. The monoisotopic (exact) mass is 213 g/mol. The van der Waals surface area contributed by atoms with Crippen molar-refractivity contribution in [3.05, 3.63) is 29.3 Å². The molecule has 1 amide bonds. The number of hydrogen-bond donors (Lipinski definition) is 0. The van der Waals surface area contributed by atoms with E-state index in [0.29, 0.717) is 0 Å². The fourth-order valence-electron chi connectivity index (χ4n) is 2.29. The summed E-state index contributed by atoms with van der Waals surface area (Å²) < 4.78 is 0. The lowest BCUT2D eigenvalue weighted by atomic mass is 9.94. The molecule has 0 radical (unpaired) electrons. The number of rotatable bonds is 0. The summed E-state index contributed by atoms with van der Waals surface area (Å²) in [5.41, 5.74) is 3.43. The van der Waals surface area contributed by atoms with E-state index in [9.17, 15) is 4.79 Å². The minimum atomic E-state index is -0.0901. The molecule has 1 heterocycles. The van der Waals surface area contributed by atoms with Gasteiger partial charge in [-0.1, -0.05) is 23.6 Å². The molecule has 0 aromatic heterocycles. The van der Waals surface area contributed by atoms with E-state index in [4.69, 9.17) is 6.42 Å². The summed E-state index contributed by atoms with van der Waals surface area (Å²) in [6.45, 7) is 3.63. The molecule has 1 aromatic carbocycles. The zero-order chi connectivity index (χ0) is 11.7. The molecule has 0 N–H and O–H groups in total. The minimum absolute atomic E-state index is 0.0211. The van der Waals surface area contributed by atoms with E-state index in [0.717, 1.165) is 18.5 Å². The number of carbonyl (C=O) groups is 1. The quantitative estimate of drug-likeness (QED) is 0.605. The van der Waals surface area contributed by atoms with Crippen LogP contribution in [0.2, 0.25) is 0 Å². The number of benzene rings is 1. The predicted molar refractivity (Wildman–Crippen MR) is 65.3 cm³/mol. The first-order valence-electron chi connectivity index (χ1n) is 5.49. The van der Waals surface area contributed by atoms with Gasteiger partial charge >= 0.3 is 0 Å². The van der Waals surface area contributed by atoms with Crippen LogP contribution in [0.1, 0.15) is 24.5 Å². The average Bonchev–Trinajstić information content (AvgIpc) is 2.26. The third-order valence-electron chi connectivity index (χ3n) is 3.02. The molecule has 2 heteroatoms. The molecule has 0 unspecified atom stereocenters. The maximum absolute atomic E-state index is 11.6. The normalized spacial score (nSPS) is 18.8. The van der Waals surface area contributed by atoms with Crippen LogP contribution >= 0.6 is 0 Å². The van der Waals surface area contributed by atoms with Gasteiger partial charge in [0.1, 0.15) is 0 Å². The molecular weight excluding hydrogens is 198 g/mol. The first-order valence-corrected chi connectivity index (χ1v) is 5.49. The first kappa shape index (κ1) is 10.8. The lowest BCUT2D eigenvalue weighted by Gasteiger charge is -2.33. The summed E-state index contributed by atoms with van der Waals surface area (Å²) in [5, 5.41) is 0. The summed E-state index contributed by atoms with van der Waals surface area (Å²) in [4.78, 5) is 13.4. The molecular formula is C14H15NO. The molecule has 16 heavy (non-hydrogen) atoms. The van der Waals surface area contributed by atoms with Gasteiger partial charge in [-0.25, -0.2) is 0 Å². The fourth-order valence-corrected chi connectivity index (χ4v) is 2.29. The van der Waals surface area contributed by atoms with Crippen molar-refractivity contribution in [2.24, 2.45) is 0 Å². The van der Waals surface area contributed by atoms with Gasteiger partial charge in [-0.3, -0.25) is 9.69 Å². The number of amides is 1. The Kier molecular flexibility index (Phi) is 2.70. The molecule has 0 fully saturated rings. The Morgan fingerprint density at radius 2 is 2.31 bits per heavy atom. The van der Waals surface area contributed by atoms with E-state index in [1.165, 1.54) is 11.1 Å². The van der Waals surface area contributed by atoms with Crippen LogP contribution in [-0.2, 0) is 11.2 Å². The molecule has 1 aliphatic rings. The Bertz CT molecular complexity index is 470. The Labute approximate surface area is 96.3 Å². The Hall–Kier alpha value is -1.75. The van der Waals surface area contributed by atoms with Crippen molar-refractivity contribution < 1.29 is 4.79 Å². The average molecular weight is 213 g/mol. The highest BCUT2D eigenvalue weighted by molar-refractivity contribution is 5.94. The van der Waals surface area contributed by atoms with Gasteiger partial charge in [-0.2, -0.15) is 0 Å². The largest absolute Gasteiger partial charge is 0.298 e. The highest BCUT2D eigenvalue weighted by Crippen LogP contribution is 2.31. The molecule has 1 aliphatic heterocycles. The topological polar surface area (TPSA) is 20.3 Å². The van der Waals surface area contributed by atoms with Crippen LogP contribution < -0.4 is 4.90 Å². The third kappa shape index (κ3) is 1.69. The van der Waals surface area contributed by atoms with Crippen molar-refractivity contribution >= 4 is 11.6 Å². The molecule has 2 nitrogen and oxygen atoms in total. The first-order chi connectivity index (χ1) is 7.63. The van der Waals surface area contributed by atoms with E-state index in [1.54, 1.807) is 11.8 Å². The second kappa shape index (κ2) is 4.02. The number of terminal acetylenes is 1. The van der Waals surface area contributed by atoms with Gasteiger partial charge in [0.15, 0.2) is 0 Å². The summed E-state index contributed by atoms with van der Waals surface area (Å²) in [5.74, 6) is 2.72. The van der Waals surface area contributed by atoms with E-state index < -0.39 is 0 Å². The zero-order valence-electron chi connectivity index (χ0n) is 9.66. The summed E-state index contributed by atoms with van der Waals surface area (Å²) in [7, 11) is 0. The molecule has 0 saturated heterocycles. The van der Waals surface area contributed by atoms with E-state index in [1.807, 2.05) is 12.1 Å². The number of aryl methyl sites for hydroxylation is 2. The van der Waals surface area contributed by atoms with Crippen LogP contribution in [0.25, 0.3) is 0 Å². The lowest BCUT2D eigenvalue weighted by molar-refractivity contribution is -0.116. The van der Waals surface area contributed by atoms with Crippen LogP contribution in [0.4, 0.5) is 5.69 Å². The highest BCUT2D eigenvalue weighted by Gasteiger charge is 2.27. The van der Waals surface area contributed by atoms with Crippen LogP contribution in [0.15, 0.2) is 18.2 Å². The number of hydrogen-bond acceptors (Lipinski definition) is 1. The number of anilines is 1. The number of nitrogens with zero attached hydrogens (tertiary/aromatic N) is 1. The molecule has 0 bridgehead atoms. The lowest BCUT2D eigenvalue weighted by Crippen LogP contribution is -2.41. The van der Waals surface area contributed by atoms with Gasteiger partial charge in [0, 0.05) is 12.6 Å². The van der Waals surface area contributed by atoms with Crippen molar-refractivity contribution in [3.8, 4) is 12.3 Å². The van der Waals surface area contributed by atoms with Gasteiger partial charge in [0.05, 0.1) is 6.04 Å². The van der Waals surface area contributed by atoms with Crippen LogP contribution in [0, 0.1) is 19.3 Å². The van der Waals surface area contributed by atoms with Crippen molar-refractivity contribution in [2.45, 2.75) is 32.7 Å². The van der Waals surface area contributed by atoms with Crippen molar-refractivity contribution in [1.82, 2.24) is 0 Å². The zero-order valence-corrected chi connectivity index (χ0v) is 9.66. The van der Waals surface area contributed by atoms with E-state index in [2.05, 4.69) is 18.9 Å². The van der Waals surface area contributed by atoms with Gasteiger partial charge < -0.3 is 0 Å². The highest BCUT2D eigenvalue weighted by atomic mass is 16.2. The van der Waals surface area contributed by atoms with Crippen molar-refractivity contribution in [3.63, 3.8) is 0 Å². The Balaban J connectivity index is 2.50.